The van der Waals surface area contributed by atoms with Gasteiger partial charge in [-0.25, -0.2) is 8.42 Å². The van der Waals surface area contributed by atoms with Crippen molar-refractivity contribution in [1.29, 1.82) is 0 Å². The summed E-state index contributed by atoms with van der Waals surface area (Å²) in [6.45, 7) is 4.65. The highest BCUT2D eigenvalue weighted by Gasteiger charge is 2.23. The van der Waals surface area contributed by atoms with Crippen LogP contribution >= 0.6 is 27.3 Å². The Morgan fingerprint density at radius 1 is 1.09 bits per heavy atom. The van der Waals surface area contributed by atoms with Crippen molar-refractivity contribution in [2.45, 2.75) is 38.1 Å². The van der Waals surface area contributed by atoms with Gasteiger partial charge in [0.1, 0.15) is 6.54 Å². The molecule has 0 bridgehead atoms. The van der Waals surface area contributed by atoms with Crippen molar-refractivity contribution in [2.24, 2.45) is 4.99 Å². The molecule has 0 aliphatic rings. The third kappa shape index (κ3) is 5.83. The number of aromatic nitrogens is 1. The molecule has 34 heavy (non-hydrogen) atoms. The van der Waals surface area contributed by atoms with E-state index in [1.54, 1.807) is 4.57 Å². The maximum Gasteiger partial charge on any atom is 0.325 e. The minimum atomic E-state index is -3.64. The molecule has 8 nitrogen and oxygen atoms in total. The Kier molecular flexibility index (Phi) is 8.80. The van der Waals surface area contributed by atoms with Crippen LogP contribution in [0.4, 0.5) is 0 Å². The fourth-order valence-corrected chi connectivity index (χ4v) is 6.60. The smallest absolute Gasteiger partial charge is 0.325 e. The second-order valence-electron chi connectivity index (χ2n) is 7.50. The monoisotopic (exact) mass is 567 g/mol. The molecule has 1 amide bonds. The molecular weight excluding hydrogens is 542 g/mol. The normalized spacial score (nSPS) is 12.4. The average Bonchev–Trinajstić information content (AvgIpc) is 3.14. The SMILES string of the molecule is CCCN(CCC)S(=O)(=O)c1ccc(C(=O)N=c2sc3cc(Br)ccc3n2CC(=O)OC)cc1. The maximum absolute atomic E-state index is 13.0. The van der Waals surface area contributed by atoms with Gasteiger partial charge in [-0.1, -0.05) is 41.1 Å². The summed E-state index contributed by atoms with van der Waals surface area (Å²) >= 11 is 4.70. The van der Waals surface area contributed by atoms with E-state index in [2.05, 4.69) is 20.9 Å². The molecule has 0 fully saturated rings. The minimum Gasteiger partial charge on any atom is -0.468 e. The molecule has 182 valence electrons. The molecule has 0 atom stereocenters. The Bertz CT molecular complexity index is 1360. The van der Waals surface area contributed by atoms with Gasteiger partial charge in [0.15, 0.2) is 4.80 Å². The highest BCUT2D eigenvalue weighted by molar-refractivity contribution is 9.10. The highest BCUT2D eigenvalue weighted by Crippen LogP contribution is 2.23. The molecule has 0 saturated carbocycles. The predicted octanol–water partition coefficient (Wildman–Crippen LogP) is 4.19. The molecule has 0 N–H and O–H groups in total. The number of hydrogen-bond acceptors (Lipinski definition) is 6. The Morgan fingerprint density at radius 3 is 2.32 bits per heavy atom. The van der Waals surface area contributed by atoms with Crippen molar-refractivity contribution in [3.05, 3.63) is 57.3 Å². The van der Waals surface area contributed by atoms with Gasteiger partial charge in [0.2, 0.25) is 10.0 Å². The third-order valence-electron chi connectivity index (χ3n) is 5.04. The van der Waals surface area contributed by atoms with Crippen LogP contribution in [0.3, 0.4) is 0 Å². The van der Waals surface area contributed by atoms with Gasteiger partial charge in [-0.05, 0) is 55.3 Å². The standard InChI is InChI=1S/C23H26BrN3O5S2/c1-4-12-26(13-5-2)34(30,31)18-9-6-16(7-10-18)22(29)25-23-27(15-21(28)32-3)19-11-8-17(24)14-20(19)33-23/h6-11,14H,4-5,12-13,15H2,1-3H3. The summed E-state index contributed by atoms with van der Waals surface area (Å²) in [5, 5.41) is 0. The van der Waals surface area contributed by atoms with Crippen LogP contribution in [0.5, 0.6) is 0 Å². The van der Waals surface area contributed by atoms with Gasteiger partial charge in [-0.2, -0.15) is 9.30 Å². The number of esters is 1. The quantitative estimate of drug-likeness (QED) is 0.361. The Hall–Kier alpha value is -2.34. The minimum absolute atomic E-state index is 0.0912. The number of benzene rings is 2. The zero-order valence-corrected chi connectivity index (χ0v) is 22.4. The molecule has 1 heterocycles. The molecule has 0 aliphatic carbocycles. The second-order valence-corrected chi connectivity index (χ2v) is 11.4. The third-order valence-corrected chi connectivity index (χ3v) is 8.49. The topological polar surface area (TPSA) is 98.0 Å². The number of thiazole rings is 1. The summed E-state index contributed by atoms with van der Waals surface area (Å²) in [5.41, 5.74) is 0.998. The van der Waals surface area contributed by atoms with E-state index in [1.807, 2.05) is 32.0 Å². The molecule has 0 saturated heterocycles. The predicted molar refractivity (Wildman–Crippen MR) is 135 cm³/mol. The van der Waals surface area contributed by atoms with Crippen LogP contribution in [0.2, 0.25) is 0 Å². The molecule has 3 aromatic rings. The second kappa shape index (κ2) is 11.4. The number of fused-ring (bicyclic) bond motifs is 1. The van der Waals surface area contributed by atoms with Gasteiger partial charge < -0.3 is 9.30 Å². The molecular formula is C23H26BrN3O5S2. The first-order valence-electron chi connectivity index (χ1n) is 10.8. The molecule has 0 spiro atoms. The number of amides is 1. The van der Waals surface area contributed by atoms with Crippen molar-refractivity contribution in [1.82, 2.24) is 8.87 Å². The van der Waals surface area contributed by atoms with Crippen LogP contribution in [0.25, 0.3) is 10.2 Å². The number of carbonyl (C=O) groups is 2. The summed E-state index contributed by atoms with van der Waals surface area (Å²) < 4.78 is 35.5. The Balaban J connectivity index is 1.97. The highest BCUT2D eigenvalue weighted by atomic mass is 79.9. The lowest BCUT2D eigenvalue weighted by Crippen LogP contribution is -2.32. The fraction of sp³-hybridized carbons (Fsp3) is 0.348. The number of hydrogen-bond donors (Lipinski definition) is 0. The number of nitrogens with zero attached hydrogens (tertiary/aromatic N) is 3. The van der Waals surface area contributed by atoms with E-state index in [9.17, 15) is 18.0 Å². The van der Waals surface area contributed by atoms with Crippen molar-refractivity contribution >= 4 is 59.4 Å². The lowest BCUT2D eigenvalue weighted by molar-refractivity contribution is -0.141. The largest absolute Gasteiger partial charge is 0.468 e. The van der Waals surface area contributed by atoms with E-state index >= 15 is 0 Å². The summed E-state index contributed by atoms with van der Waals surface area (Å²) in [7, 11) is -2.34. The van der Waals surface area contributed by atoms with Gasteiger partial charge in [-0.3, -0.25) is 9.59 Å². The van der Waals surface area contributed by atoms with E-state index in [0.29, 0.717) is 30.7 Å². The van der Waals surface area contributed by atoms with E-state index in [-0.39, 0.29) is 17.0 Å². The Labute approximate surface area is 211 Å². The van der Waals surface area contributed by atoms with Crippen LogP contribution in [0, 0.1) is 0 Å². The van der Waals surface area contributed by atoms with Gasteiger partial charge in [0.05, 0.1) is 22.2 Å². The zero-order valence-electron chi connectivity index (χ0n) is 19.2. The van der Waals surface area contributed by atoms with Crippen molar-refractivity contribution in [3.63, 3.8) is 0 Å². The number of rotatable bonds is 9. The van der Waals surface area contributed by atoms with Crippen LogP contribution in [-0.2, 0) is 26.1 Å². The molecule has 1 aromatic heterocycles. The van der Waals surface area contributed by atoms with Gasteiger partial charge in [0.25, 0.3) is 5.91 Å². The number of carbonyl (C=O) groups excluding carboxylic acids is 2. The van der Waals surface area contributed by atoms with E-state index < -0.39 is 21.9 Å². The molecule has 3 rings (SSSR count). The first kappa shape index (κ1) is 26.3. The fourth-order valence-electron chi connectivity index (χ4n) is 3.40. The molecule has 11 heteroatoms. The summed E-state index contributed by atoms with van der Waals surface area (Å²) in [6, 6.07) is 11.3. The summed E-state index contributed by atoms with van der Waals surface area (Å²) in [5.74, 6) is -0.998. The molecule has 0 unspecified atom stereocenters. The van der Waals surface area contributed by atoms with Crippen molar-refractivity contribution in [3.8, 4) is 0 Å². The molecule has 2 aromatic carbocycles. The number of sulfonamides is 1. The first-order valence-corrected chi connectivity index (χ1v) is 13.8. The van der Waals surface area contributed by atoms with E-state index in [0.717, 1.165) is 14.7 Å². The lowest BCUT2D eigenvalue weighted by Gasteiger charge is -2.21. The van der Waals surface area contributed by atoms with Gasteiger partial charge in [0, 0.05) is 23.1 Å². The van der Waals surface area contributed by atoms with Gasteiger partial charge in [-0.15, -0.1) is 0 Å². The maximum atomic E-state index is 13.0. The zero-order chi connectivity index (χ0) is 24.9. The van der Waals surface area contributed by atoms with Crippen molar-refractivity contribution in [2.75, 3.05) is 20.2 Å². The van der Waals surface area contributed by atoms with Crippen LogP contribution in [0.15, 0.2) is 56.8 Å². The number of methoxy groups -OCH3 is 1. The average molecular weight is 569 g/mol. The molecule has 0 radical (unpaired) electrons. The Morgan fingerprint density at radius 2 is 1.74 bits per heavy atom. The van der Waals surface area contributed by atoms with E-state index in [4.69, 9.17) is 4.74 Å². The summed E-state index contributed by atoms with van der Waals surface area (Å²) in [6.07, 6.45) is 1.43. The lowest BCUT2D eigenvalue weighted by atomic mass is 10.2. The summed E-state index contributed by atoms with van der Waals surface area (Å²) in [4.78, 5) is 29.6. The van der Waals surface area contributed by atoms with E-state index in [1.165, 1.54) is 47.0 Å². The first-order chi connectivity index (χ1) is 16.2. The van der Waals surface area contributed by atoms with Gasteiger partial charge >= 0.3 is 5.97 Å². The number of ether oxygens (including phenoxy) is 1. The number of halogens is 1. The van der Waals surface area contributed by atoms with Crippen molar-refractivity contribution < 1.29 is 22.7 Å². The van der Waals surface area contributed by atoms with Crippen LogP contribution < -0.4 is 4.80 Å². The van der Waals surface area contributed by atoms with Crippen LogP contribution in [-0.4, -0.2) is 49.4 Å². The molecule has 0 aliphatic heterocycles. The van der Waals surface area contributed by atoms with Crippen LogP contribution in [0.1, 0.15) is 37.0 Å².